The van der Waals surface area contributed by atoms with E-state index in [2.05, 4.69) is 44.1 Å². The number of amides is 2. The second kappa shape index (κ2) is 11.7. The van der Waals surface area contributed by atoms with Gasteiger partial charge < -0.3 is 25.1 Å². The predicted octanol–water partition coefficient (Wildman–Crippen LogP) is 3.25. The third kappa shape index (κ3) is 6.83. The summed E-state index contributed by atoms with van der Waals surface area (Å²) in [6.07, 6.45) is 3.45. The van der Waals surface area contributed by atoms with Crippen molar-refractivity contribution in [3.05, 3.63) is 30.3 Å². The molecule has 1 saturated heterocycles. The van der Waals surface area contributed by atoms with Gasteiger partial charge in [-0.2, -0.15) is 5.26 Å². The van der Waals surface area contributed by atoms with Gasteiger partial charge in [-0.3, -0.25) is 9.59 Å². The highest BCUT2D eigenvalue weighted by Crippen LogP contribution is 2.30. The van der Waals surface area contributed by atoms with Crippen LogP contribution in [0.25, 0.3) is 6.08 Å². The average Bonchev–Trinajstić information content (AvgIpc) is 3.22. The van der Waals surface area contributed by atoms with Gasteiger partial charge in [-0.1, -0.05) is 46.4 Å². The number of carbonyl (C=O) groups is 3. The number of likely N-dealkylation sites (tertiary alicyclic amines) is 1. The van der Waals surface area contributed by atoms with E-state index in [1.165, 1.54) is 4.90 Å². The van der Waals surface area contributed by atoms with Gasteiger partial charge in [-0.05, 0) is 36.3 Å². The summed E-state index contributed by atoms with van der Waals surface area (Å²) in [5.41, 5.74) is 1.36. The Balaban J connectivity index is 2.19. The van der Waals surface area contributed by atoms with E-state index >= 15 is 0 Å². The van der Waals surface area contributed by atoms with E-state index < -0.39 is 12.1 Å². The van der Waals surface area contributed by atoms with Crippen LogP contribution >= 0.6 is 0 Å². The van der Waals surface area contributed by atoms with Crippen molar-refractivity contribution in [2.24, 2.45) is 17.3 Å². The van der Waals surface area contributed by atoms with Crippen molar-refractivity contribution < 1.29 is 19.1 Å². The number of aldehydes is 1. The van der Waals surface area contributed by atoms with Crippen molar-refractivity contribution in [3.63, 3.8) is 0 Å². The molecule has 1 aromatic carbocycles. The molecule has 0 bridgehead atoms. The van der Waals surface area contributed by atoms with E-state index in [0.29, 0.717) is 24.3 Å². The van der Waals surface area contributed by atoms with Gasteiger partial charge in [0.05, 0.1) is 19.7 Å². The number of rotatable bonds is 10. The zero-order valence-corrected chi connectivity index (χ0v) is 20.8. The van der Waals surface area contributed by atoms with Crippen molar-refractivity contribution in [3.8, 4) is 11.8 Å². The molecule has 4 unspecified atom stereocenters. The van der Waals surface area contributed by atoms with Crippen LogP contribution in [-0.4, -0.2) is 55.3 Å². The number of hydrogen-bond donors (Lipinski definition) is 2. The second-order valence-electron chi connectivity index (χ2n) is 10.0. The minimum atomic E-state index is -0.807. The molecule has 0 saturated carbocycles. The largest absolute Gasteiger partial charge is 0.496 e. The minimum Gasteiger partial charge on any atom is -0.496 e. The monoisotopic (exact) mass is 468 g/mol. The van der Waals surface area contributed by atoms with Crippen LogP contribution in [0.4, 0.5) is 5.69 Å². The topological polar surface area (TPSA) is 112 Å². The van der Waals surface area contributed by atoms with Crippen LogP contribution in [0.1, 0.15) is 46.1 Å². The molecule has 2 rings (SSSR count). The normalized spacial score (nSPS) is 19.5. The van der Waals surface area contributed by atoms with Crippen molar-refractivity contribution in [2.75, 3.05) is 25.5 Å². The smallest absolute Gasteiger partial charge is 0.246 e. The first kappa shape index (κ1) is 26.9. The van der Waals surface area contributed by atoms with Crippen LogP contribution in [0.5, 0.6) is 5.75 Å². The molecular weight excluding hydrogens is 432 g/mol. The highest BCUT2D eigenvalue weighted by Gasteiger charge is 2.40. The van der Waals surface area contributed by atoms with Gasteiger partial charge in [-0.15, -0.1) is 0 Å². The Hall–Kier alpha value is -3.34. The van der Waals surface area contributed by atoms with E-state index in [0.717, 1.165) is 11.8 Å². The summed E-state index contributed by atoms with van der Waals surface area (Å²) in [5, 5.41) is 15.5. The number of ether oxygens (including phenoxy) is 1. The van der Waals surface area contributed by atoms with E-state index in [9.17, 15) is 19.6 Å². The van der Waals surface area contributed by atoms with E-state index in [-0.39, 0.29) is 42.2 Å². The standard InChI is InChI=1S/C26H36N4O4/c1-7-20-21(9-8-10-22(20)34-6)28-14-23(32)29-24(17(2)12-26(3,4)5)25(33)30-15-18(16-31)11-19(30)13-27/h7-10,16-19,24,28H,1,11-12,14-15H2,2-6H3,(H,29,32). The fourth-order valence-electron chi connectivity index (χ4n) is 4.53. The van der Waals surface area contributed by atoms with Crippen LogP contribution in [0.15, 0.2) is 24.8 Å². The van der Waals surface area contributed by atoms with Gasteiger partial charge in [0.1, 0.15) is 24.1 Å². The Labute approximate surface area is 202 Å². The number of benzene rings is 1. The molecule has 8 nitrogen and oxygen atoms in total. The van der Waals surface area contributed by atoms with Gasteiger partial charge in [-0.25, -0.2) is 0 Å². The Kier molecular flexibility index (Phi) is 9.25. The third-order valence-electron chi connectivity index (χ3n) is 5.97. The molecule has 4 atom stereocenters. The van der Waals surface area contributed by atoms with Crippen molar-refractivity contribution in [1.29, 1.82) is 5.26 Å². The lowest BCUT2D eigenvalue weighted by Crippen LogP contribution is -2.54. The summed E-state index contributed by atoms with van der Waals surface area (Å²) in [6, 6.07) is 6.08. The summed E-state index contributed by atoms with van der Waals surface area (Å²) < 4.78 is 5.34. The molecule has 0 aliphatic carbocycles. The Morgan fingerprint density at radius 2 is 2.09 bits per heavy atom. The zero-order chi connectivity index (χ0) is 25.5. The molecule has 1 aliphatic heterocycles. The molecule has 2 N–H and O–H groups in total. The molecule has 1 heterocycles. The SMILES string of the molecule is C=Cc1c(NCC(=O)NC(C(=O)N2CC(C=O)CC2C#N)C(C)CC(C)(C)C)cccc1OC. The maximum absolute atomic E-state index is 13.5. The highest BCUT2D eigenvalue weighted by atomic mass is 16.5. The molecule has 0 radical (unpaired) electrons. The zero-order valence-electron chi connectivity index (χ0n) is 20.8. The van der Waals surface area contributed by atoms with Gasteiger partial charge in [0.2, 0.25) is 11.8 Å². The van der Waals surface area contributed by atoms with E-state index in [4.69, 9.17) is 4.74 Å². The summed E-state index contributed by atoms with van der Waals surface area (Å²) in [6.45, 7) is 12.1. The summed E-state index contributed by atoms with van der Waals surface area (Å²) in [5.74, 6) is -0.583. The predicted molar refractivity (Wildman–Crippen MR) is 132 cm³/mol. The molecule has 0 spiro atoms. The van der Waals surface area contributed by atoms with Crippen LogP contribution < -0.4 is 15.4 Å². The van der Waals surface area contributed by atoms with Crippen molar-refractivity contribution in [2.45, 2.75) is 52.6 Å². The number of methoxy groups -OCH3 is 1. The average molecular weight is 469 g/mol. The Morgan fingerprint density at radius 1 is 1.38 bits per heavy atom. The van der Waals surface area contributed by atoms with Gasteiger partial charge in [0.15, 0.2) is 0 Å². The van der Waals surface area contributed by atoms with Crippen LogP contribution in [-0.2, 0) is 14.4 Å². The molecular formula is C26H36N4O4. The maximum atomic E-state index is 13.5. The van der Waals surface area contributed by atoms with Gasteiger partial charge in [0.25, 0.3) is 0 Å². The first-order valence-electron chi connectivity index (χ1n) is 11.5. The van der Waals surface area contributed by atoms with Gasteiger partial charge in [0, 0.05) is 23.7 Å². The summed E-state index contributed by atoms with van der Waals surface area (Å²) in [4.78, 5) is 39.1. The van der Waals surface area contributed by atoms with Crippen molar-refractivity contribution in [1.82, 2.24) is 10.2 Å². The number of nitriles is 1. The van der Waals surface area contributed by atoms with Gasteiger partial charge >= 0.3 is 0 Å². The lowest BCUT2D eigenvalue weighted by atomic mass is 9.81. The number of carbonyl (C=O) groups excluding carboxylic acids is 3. The number of nitrogens with zero attached hydrogens (tertiary/aromatic N) is 2. The van der Waals surface area contributed by atoms with E-state index in [1.807, 2.05) is 19.1 Å². The summed E-state index contributed by atoms with van der Waals surface area (Å²) >= 11 is 0. The molecule has 0 aromatic heterocycles. The molecule has 184 valence electrons. The molecule has 1 aliphatic rings. The molecule has 1 fully saturated rings. The Bertz CT molecular complexity index is 947. The lowest BCUT2D eigenvalue weighted by molar-refractivity contribution is -0.138. The first-order valence-corrected chi connectivity index (χ1v) is 11.5. The number of anilines is 1. The fourth-order valence-corrected chi connectivity index (χ4v) is 4.53. The molecule has 34 heavy (non-hydrogen) atoms. The molecule has 2 amide bonds. The van der Waals surface area contributed by atoms with E-state index in [1.54, 1.807) is 19.3 Å². The van der Waals surface area contributed by atoms with Crippen LogP contribution in [0.3, 0.4) is 0 Å². The first-order chi connectivity index (χ1) is 16.0. The summed E-state index contributed by atoms with van der Waals surface area (Å²) in [7, 11) is 1.56. The molecule has 8 heteroatoms. The minimum absolute atomic E-state index is 0.0569. The quantitative estimate of drug-likeness (QED) is 0.510. The van der Waals surface area contributed by atoms with Crippen LogP contribution in [0.2, 0.25) is 0 Å². The van der Waals surface area contributed by atoms with Crippen LogP contribution in [0, 0.1) is 28.6 Å². The lowest BCUT2D eigenvalue weighted by Gasteiger charge is -2.33. The number of nitrogens with one attached hydrogen (secondary N) is 2. The highest BCUT2D eigenvalue weighted by molar-refractivity contribution is 5.90. The van der Waals surface area contributed by atoms with Crippen molar-refractivity contribution >= 4 is 29.9 Å². The fraction of sp³-hybridized carbons (Fsp3) is 0.538. The number of hydrogen-bond acceptors (Lipinski definition) is 6. The maximum Gasteiger partial charge on any atom is 0.246 e. The Morgan fingerprint density at radius 3 is 2.65 bits per heavy atom. The molecule has 1 aromatic rings. The second-order valence-corrected chi connectivity index (χ2v) is 10.0. The third-order valence-corrected chi connectivity index (χ3v) is 5.97.